The molecule has 0 radical (unpaired) electrons. The van der Waals surface area contributed by atoms with Crippen molar-refractivity contribution in [3.05, 3.63) is 0 Å². The first-order chi connectivity index (χ1) is 9.76. The molecule has 2 heterocycles. The van der Waals surface area contributed by atoms with Crippen molar-refractivity contribution in [1.29, 1.82) is 0 Å². The zero-order chi connectivity index (χ0) is 15.6. The summed E-state index contributed by atoms with van der Waals surface area (Å²) in [7, 11) is 0. The number of carbonyl (C=O) groups is 2. The Morgan fingerprint density at radius 3 is 2.48 bits per heavy atom. The summed E-state index contributed by atoms with van der Waals surface area (Å²) in [6.07, 6.45) is 2.30. The second kappa shape index (κ2) is 6.22. The zero-order valence-corrected chi connectivity index (χ0v) is 13.2. The summed E-state index contributed by atoms with van der Waals surface area (Å²) in [5.74, 6) is -0.976. The molecule has 2 atom stereocenters. The van der Waals surface area contributed by atoms with Crippen LogP contribution in [0.3, 0.4) is 0 Å². The van der Waals surface area contributed by atoms with Gasteiger partial charge in [0.1, 0.15) is 5.60 Å². The minimum atomic E-state index is -0.707. The van der Waals surface area contributed by atoms with E-state index in [1.807, 2.05) is 20.8 Å². The average molecular weight is 298 g/mol. The topological polar surface area (TPSA) is 70.1 Å². The first kappa shape index (κ1) is 16.1. The summed E-state index contributed by atoms with van der Waals surface area (Å²) in [5.41, 5.74) is -0.477. The lowest BCUT2D eigenvalue weighted by atomic mass is 9.97. The normalized spacial score (nSPS) is 27.7. The Morgan fingerprint density at radius 2 is 1.86 bits per heavy atom. The fourth-order valence-corrected chi connectivity index (χ4v) is 3.07. The van der Waals surface area contributed by atoms with Gasteiger partial charge in [0, 0.05) is 25.7 Å². The van der Waals surface area contributed by atoms with Gasteiger partial charge in [-0.3, -0.25) is 9.69 Å². The third-order valence-electron chi connectivity index (χ3n) is 4.13. The third-order valence-corrected chi connectivity index (χ3v) is 4.13. The van der Waals surface area contributed by atoms with Gasteiger partial charge in [0.15, 0.2) is 0 Å². The van der Waals surface area contributed by atoms with Crippen molar-refractivity contribution in [2.24, 2.45) is 5.92 Å². The van der Waals surface area contributed by atoms with Crippen LogP contribution >= 0.6 is 0 Å². The van der Waals surface area contributed by atoms with Crippen LogP contribution in [-0.2, 0) is 9.53 Å². The Hall–Kier alpha value is -1.30. The number of carboxylic acids is 1. The Morgan fingerprint density at radius 1 is 1.14 bits per heavy atom. The monoisotopic (exact) mass is 298 g/mol. The molecular formula is C15H26N2O4. The van der Waals surface area contributed by atoms with Crippen LogP contribution in [0.5, 0.6) is 0 Å². The maximum Gasteiger partial charge on any atom is 0.410 e. The molecule has 21 heavy (non-hydrogen) atoms. The van der Waals surface area contributed by atoms with E-state index in [1.165, 1.54) is 0 Å². The van der Waals surface area contributed by atoms with Gasteiger partial charge in [-0.1, -0.05) is 0 Å². The fraction of sp³-hybridized carbons (Fsp3) is 0.867. The molecule has 0 aromatic heterocycles. The number of hydrogen-bond acceptors (Lipinski definition) is 4. The molecule has 1 amide bonds. The number of aliphatic carboxylic acids is 1. The van der Waals surface area contributed by atoms with Crippen molar-refractivity contribution >= 4 is 12.1 Å². The first-order valence-electron chi connectivity index (χ1n) is 7.71. The van der Waals surface area contributed by atoms with Crippen molar-refractivity contribution < 1.29 is 19.4 Å². The number of carboxylic acid groups (broad SMARTS) is 1. The quantitative estimate of drug-likeness (QED) is 0.841. The predicted molar refractivity (Wildman–Crippen MR) is 78.1 cm³/mol. The van der Waals surface area contributed by atoms with Crippen LogP contribution < -0.4 is 0 Å². The zero-order valence-electron chi connectivity index (χ0n) is 13.2. The number of hydrogen-bond donors (Lipinski definition) is 1. The largest absolute Gasteiger partial charge is 0.481 e. The van der Waals surface area contributed by atoms with Crippen LogP contribution in [0.25, 0.3) is 0 Å². The van der Waals surface area contributed by atoms with Crippen molar-refractivity contribution in [3.8, 4) is 0 Å². The lowest BCUT2D eigenvalue weighted by Gasteiger charge is -2.35. The molecule has 0 aromatic rings. The van der Waals surface area contributed by atoms with E-state index < -0.39 is 11.6 Å². The van der Waals surface area contributed by atoms with E-state index in [0.717, 1.165) is 25.8 Å². The molecular weight excluding hydrogens is 272 g/mol. The molecule has 0 spiro atoms. The van der Waals surface area contributed by atoms with E-state index in [2.05, 4.69) is 4.90 Å². The molecule has 6 heteroatoms. The molecule has 2 fully saturated rings. The van der Waals surface area contributed by atoms with E-state index >= 15 is 0 Å². The molecule has 0 saturated carbocycles. The Bertz CT molecular complexity index is 405. The number of amides is 1. The Balaban J connectivity index is 1.87. The molecule has 2 aliphatic heterocycles. The maximum absolute atomic E-state index is 12.1. The van der Waals surface area contributed by atoms with Gasteiger partial charge in [-0.25, -0.2) is 4.79 Å². The number of ether oxygens (including phenoxy) is 1. The summed E-state index contributed by atoms with van der Waals surface area (Å²) >= 11 is 0. The standard InChI is InChI=1S/C15H26N2O4/c1-15(2,3)21-14(20)17-8-6-12(10-17)16-7-4-5-11(9-16)13(18)19/h11-12H,4-10H2,1-3H3,(H,18,19)/t11-,12-/m1/s1. The molecule has 0 unspecified atom stereocenters. The van der Waals surface area contributed by atoms with Gasteiger partial charge < -0.3 is 14.7 Å². The lowest BCUT2D eigenvalue weighted by molar-refractivity contribution is -0.143. The lowest BCUT2D eigenvalue weighted by Crippen LogP contribution is -2.46. The Labute approximate surface area is 126 Å². The molecule has 120 valence electrons. The number of piperidine rings is 1. The third kappa shape index (κ3) is 4.33. The van der Waals surface area contributed by atoms with Crippen LogP contribution in [0, 0.1) is 5.92 Å². The number of rotatable bonds is 2. The molecule has 2 saturated heterocycles. The number of likely N-dealkylation sites (tertiary alicyclic amines) is 2. The van der Waals surface area contributed by atoms with Gasteiger partial charge in [0.25, 0.3) is 0 Å². The van der Waals surface area contributed by atoms with Crippen LogP contribution in [0.15, 0.2) is 0 Å². The van der Waals surface area contributed by atoms with Crippen molar-refractivity contribution in [1.82, 2.24) is 9.80 Å². The van der Waals surface area contributed by atoms with E-state index in [4.69, 9.17) is 9.84 Å². The van der Waals surface area contributed by atoms with Gasteiger partial charge in [-0.2, -0.15) is 0 Å². The number of carbonyl (C=O) groups excluding carboxylic acids is 1. The Kier molecular flexibility index (Phi) is 4.76. The SMILES string of the molecule is CC(C)(C)OC(=O)N1CC[C@@H](N2CCC[C@@H](C(=O)O)C2)C1. The van der Waals surface area contributed by atoms with Gasteiger partial charge in [0.2, 0.25) is 0 Å². The highest BCUT2D eigenvalue weighted by atomic mass is 16.6. The number of nitrogens with zero attached hydrogens (tertiary/aromatic N) is 2. The average Bonchev–Trinajstić information content (AvgIpc) is 2.86. The second-order valence-electron chi connectivity index (χ2n) is 7.04. The summed E-state index contributed by atoms with van der Waals surface area (Å²) < 4.78 is 5.39. The highest BCUT2D eigenvalue weighted by Crippen LogP contribution is 2.24. The molecule has 0 aromatic carbocycles. The smallest absolute Gasteiger partial charge is 0.410 e. The minimum Gasteiger partial charge on any atom is -0.481 e. The van der Waals surface area contributed by atoms with Crippen molar-refractivity contribution in [3.63, 3.8) is 0 Å². The summed E-state index contributed by atoms with van der Waals surface area (Å²) in [6, 6.07) is 0.264. The van der Waals surface area contributed by atoms with E-state index in [1.54, 1.807) is 4.90 Å². The van der Waals surface area contributed by atoms with Gasteiger partial charge in [-0.05, 0) is 46.6 Å². The molecule has 1 N–H and O–H groups in total. The van der Waals surface area contributed by atoms with Crippen molar-refractivity contribution in [2.45, 2.75) is 51.7 Å². The van der Waals surface area contributed by atoms with Crippen LogP contribution in [0.2, 0.25) is 0 Å². The molecule has 6 nitrogen and oxygen atoms in total. The molecule has 0 aliphatic carbocycles. The van der Waals surface area contributed by atoms with Gasteiger partial charge >= 0.3 is 12.1 Å². The molecule has 2 rings (SSSR count). The summed E-state index contributed by atoms with van der Waals surface area (Å²) in [5, 5.41) is 9.16. The summed E-state index contributed by atoms with van der Waals surface area (Å²) in [6.45, 7) is 8.44. The first-order valence-corrected chi connectivity index (χ1v) is 7.71. The van der Waals surface area contributed by atoms with Crippen molar-refractivity contribution in [2.75, 3.05) is 26.2 Å². The van der Waals surface area contributed by atoms with E-state index in [0.29, 0.717) is 19.6 Å². The van der Waals surface area contributed by atoms with Crippen LogP contribution in [-0.4, -0.2) is 64.8 Å². The van der Waals surface area contributed by atoms with Crippen LogP contribution in [0.4, 0.5) is 4.79 Å². The predicted octanol–water partition coefficient (Wildman–Crippen LogP) is 1.79. The molecule has 0 bridgehead atoms. The maximum atomic E-state index is 12.1. The van der Waals surface area contributed by atoms with Gasteiger partial charge in [0.05, 0.1) is 5.92 Å². The van der Waals surface area contributed by atoms with Crippen LogP contribution in [0.1, 0.15) is 40.0 Å². The fourth-order valence-electron chi connectivity index (χ4n) is 3.07. The minimum absolute atomic E-state index is 0.264. The van der Waals surface area contributed by atoms with E-state index in [9.17, 15) is 9.59 Å². The highest BCUT2D eigenvalue weighted by Gasteiger charge is 2.36. The van der Waals surface area contributed by atoms with Gasteiger partial charge in [-0.15, -0.1) is 0 Å². The second-order valence-corrected chi connectivity index (χ2v) is 7.04. The summed E-state index contributed by atoms with van der Waals surface area (Å²) in [4.78, 5) is 27.2. The highest BCUT2D eigenvalue weighted by molar-refractivity contribution is 5.70. The molecule has 2 aliphatic rings. The van der Waals surface area contributed by atoms with E-state index in [-0.39, 0.29) is 18.1 Å².